The van der Waals surface area contributed by atoms with Gasteiger partial charge in [-0.2, -0.15) is 0 Å². The lowest BCUT2D eigenvalue weighted by atomic mass is 9.75. The minimum atomic E-state index is -1.82. The number of ether oxygens (including phenoxy) is 2. The third-order valence-electron chi connectivity index (χ3n) is 5.54. The summed E-state index contributed by atoms with van der Waals surface area (Å²) in [4.78, 5) is 23.7. The summed E-state index contributed by atoms with van der Waals surface area (Å²) < 4.78 is 10.9. The van der Waals surface area contributed by atoms with Crippen molar-refractivity contribution in [1.82, 2.24) is 0 Å². The van der Waals surface area contributed by atoms with Gasteiger partial charge < -0.3 is 24.8 Å². The average molecular weight is 394 g/mol. The number of ketones is 1. The zero-order valence-corrected chi connectivity index (χ0v) is 17.0. The summed E-state index contributed by atoms with van der Waals surface area (Å²) in [6.07, 6.45) is 4.67. The molecule has 0 aromatic heterocycles. The normalized spacial score (nSPS) is 31.8. The van der Waals surface area contributed by atoms with Gasteiger partial charge in [-0.25, -0.2) is 0 Å². The number of allylic oxidation sites excluding steroid dienone is 2. The molecule has 3 N–H and O–H groups in total. The quantitative estimate of drug-likeness (QED) is 0.584. The van der Waals surface area contributed by atoms with Crippen molar-refractivity contribution < 1.29 is 34.4 Å². The highest BCUT2D eigenvalue weighted by Crippen LogP contribution is 2.37. The van der Waals surface area contributed by atoms with E-state index in [2.05, 4.69) is 0 Å². The van der Waals surface area contributed by atoms with Crippen LogP contribution in [0.2, 0.25) is 0 Å². The van der Waals surface area contributed by atoms with Crippen LogP contribution in [0.4, 0.5) is 0 Å². The molecule has 1 heterocycles. The molecular weight excluding hydrogens is 364 g/mol. The first-order valence-electron chi connectivity index (χ1n) is 9.50. The summed E-state index contributed by atoms with van der Waals surface area (Å²) in [7, 11) is 0. The van der Waals surface area contributed by atoms with Crippen LogP contribution in [0.5, 0.6) is 0 Å². The largest absolute Gasteiger partial charge is 0.493 e. The average Bonchev–Trinajstić information content (AvgIpc) is 2.62. The number of carbonyl (C=O) groups excluding carboxylic acids is 2. The van der Waals surface area contributed by atoms with Crippen LogP contribution in [-0.4, -0.2) is 57.1 Å². The Morgan fingerprint density at radius 3 is 2.71 bits per heavy atom. The monoisotopic (exact) mass is 394 g/mol. The molecule has 6 atom stereocenters. The fourth-order valence-corrected chi connectivity index (χ4v) is 3.46. The van der Waals surface area contributed by atoms with Crippen LogP contribution in [0.15, 0.2) is 35.6 Å². The van der Waals surface area contributed by atoms with E-state index in [0.29, 0.717) is 11.3 Å². The molecule has 0 amide bonds. The van der Waals surface area contributed by atoms with E-state index in [1.165, 1.54) is 32.9 Å². The van der Waals surface area contributed by atoms with Gasteiger partial charge in [0.05, 0.1) is 18.6 Å². The van der Waals surface area contributed by atoms with Crippen LogP contribution < -0.4 is 0 Å². The van der Waals surface area contributed by atoms with Crippen molar-refractivity contribution in [2.75, 3.05) is 6.61 Å². The number of carbonyl (C=O) groups is 2. The second-order valence-corrected chi connectivity index (χ2v) is 8.04. The van der Waals surface area contributed by atoms with Crippen molar-refractivity contribution in [2.24, 2.45) is 11.8 Å². The van der Waals surface area contributed by atoms with Crippen molar-refractivity contribution in [1.29, 1.82) is 0 Å². The van der Waals surface area contributed by atoms with E-state index in [0.717, 1.165) is 6.42 Å². The van der Waals surface area contributed by atoms with Gasteiger partial charge in [0, 0.05) is 6.92 Å². The van der Waals surface area contributed by atoms with E-state index >= 15 is 0 Å². The van der Waals surface area contributed by atoms with Gasteiger partial charge in [-0.05, 0) is 49.6 Å². The first-order valence-corrected chi connectivity index (χ1v) is 9.50. The summed E-state index contributed by atoms with van der Waals surface area (Å²) in [6, 6.07) is 0. The molecule has 0 bridgehead atoms. The van der Waals surface area contributed by atoms with E-state index in [4.69, 9.17) is 9.47 Å². The smallest absolute Gasteiger partial charge is 0.303 e. The summed E-state index contributed by atoms with van der Waals surface area (Å²) in [5.74, 6) is -1.32. The molecular formula is C21H30O7. The minimum absolute atomic E-state index is 0.0873. The molecule has 0 saturated heterocycles. The summed E-state index contributed by atoms with van der Waals surface area (Å²) >= 11 is 0. The van der Waals surface area contributed by atoms with Gasteiger partial charge in [-0.15, -0.1) is 0 Å². The molecule has 0 aromatic rings. The van der Waals surface area contributed by atoms with Crippen LogP contribution in [0.25, 0.3) is 0 Å². The number of fused-ring (bicyclic) bond motifs is 1. The van der Waals surface area contributed by atoms with Gasteiger partial charge >= 0.3 is 5.97 Å². The predicted molar refractivity (Wildman–Crippen MR) is 102 cm³/mol. The molecule has 0 saturated carbocycles. The number of esters is 1. The summed E-state index contributed by atoms with van der Waals surface area (Å²) in [5.41, 5.74) is -2.69. The fraction of sp³-hybridized carbons (Fsp3) is 0.619. The van der Waals surface area contributed by atoms with Crippen molar-refractivity contribution in [2.45, 2.75) is 64.4 Å². The van der Waals surface area contributed by atoms with Gasteiger partial charge in [0.2, 0.25) is 0 Å². The highest BCUT2D eigenvalue weighted by molar-refractivity contribution is 5.99. The molecule has 2 rings (SSSR count). The lowest BCUT2D eigenvalue weighted by molar-refractivity contribution is -0.174. The summed E-state index contributed by atoms with van der Waals surface area (Å²) in [5, 5.41) is 31.3. The second-order valence-electron chi connectivity index (χ2n) is 8.04. The Morgan fingerprint density at radius 1 is 1.50 bits per heavy atom. The molecule has 2 aliphatic rings. The standard InChI is InChI=1S/C21H30O7/c1-6-12(2)18(24)20(4,25)8-7-15-9-14-10-17(23)21(5,26)19(28-13(3)22)16(14)11-27-15/h7-10,12,16,18-19,24-26H,6,11H2,1-5H3. The first kappa shape index (κ1) is 22.3. The minimum Gasteiger partial charge on any atom is -0.493 e. The molecule has 156 valence electrons. The zero-order valence-electron chi connectivity index (χ0n) is 17.0. The van der Waals surface area contributed by atoms with E-state index < -0.39 is 41.1 Å². The molecule has 0 fully saturated rings. The Morgan fingerprint density at radius 2 is 2.14 bits per heavy atom. The van der Waals surface area contributed by atoms with E-state index in [1.807, 2.05) is 13.8 Å². The fourth-order valence-electron chi connectivity index (χ4n) is 3.46. The zero-order chi connectivity index (χ0) is 21.3. The van der Waals surface area contributed by atoms with Gasteiger partial charge in [-0.1, -0.05) is 20.3 Å². The number of hydrogen-bond donors (Lipinski definition) is 3. The third kappa shape index (κ3) is 4.54. The number of aliphatic hydroxyl groups is 3. The topological polar surface area (TPSA) is 113 Å². The number of rotatable bonds is 6. The molecule has 6 unspecified atom stereocenters. The van der Waals surface area contributed by atoms with Crippen LogP contribution in [0.1, 0.15) is 41.0 Å². The van der Waals surface area contributed by atoms with Crippen LogP contribution >= 0.6 is 0 Å². The number of hydrogen-bond acceptors (Lipinski definition) is 7. The molecule has 28 heavy (non-hydrogen) atoms. The van der Waals surface area contributed by atoms with Gasteiger partial charge in [0.15, 0.2) is 11.4 Å². The van der Waals surface area contributed by atoms with Crippen molar-refractivity contribution in [3.63, 3.8) is 0 Å². The van der Waals surface area contributed by atoms with Gasteiger partial charge in [0.1, 0.15) is 17.5 Å². The maximum atomic E-state index is 12.3. The lowest BCUT2D eigenvalue weighted by Gasteiger charge is -2.41. The van der Waals surface area contributed by atoms with E-state index in [1.54, 1.807) is 12.2 Å². The first-order chi connectivity index (χ1) is 12.9. The molecule has 0 radical (unpaired) electrons. The van der Waals surface area contributed by atoms with Crippen molar-refractivity contribution >= 4 is 11.8 Å². The van der Waals surface area contributed by atoms with Gasteiger partial charge in [-0.3, -0.25) is 9.59 Å². The predicted octanol–water partition coefficient (Wildman–Crippen LogP) is 1.42. The highest BCUT2D eigenvalue weighted by Gasteiger charge is 2.50. The van der Waals surface area contributed by atoms with E-state index in [9.17, 15) is 24.9 Å². The van der Waals surface area contributed by atoms with Crippen molar-refractivity contribution in [3.05, 3.63) is 35.6 Å². The Labute approximate surface area is 165 Å². The lowest BCUT2D eigenvalue weighted by Crippen LogP contribution is -2.56. The Bertz CT molecular complexity index is 714. The maximum absolute atomic E-state index is 12.3. The Balaban J connectivity index is 2.27. The molecule has 7 nitrogen and oxygen atoms in total. The van der Waals surface area contributed by atoms with Crippen LogP contribution in [0, 0.1) is 11.8 Å². The molecule has 0 aromatic carbocycles. The Kier molecular flexibility index (Phi) is 6.53. The molecule has 0 spiro atoms. The van der Waals surface area contributed by atoms with Crippen LogP contribution in [-0.2, 0) is 19.1 Å². The SMILES string of the molecule is CCC(C)C(O)C(C)(O)C=CC1=CC2=CC(=O)C(C)(O)C(OC(C)=O)C2CO1. The van der Waals surface area contributed by atoms with E-state index in [-0.39, 0.29) is 12.5 Å². The van der Waals surface area contributed by atoms with Gasteiger partial charge in [0.25, 0.3) is 0 Å². The van der Waals surface area contributed by atoms with Crippen LogP contribution in [0.3, 0.4) is 0 Å². The summed E-state index contributed by atoms with van der Waals surface area (Å²) in [6.45, 7) is 7.94. The third-order valence-corrected chi connectivity index (χ3v) is 5.54. The molecule has 7 heteroatoms. The second kappa shape index (κ2) is 8.19. The molecule has 1 aliphatic carbocycles. The van der Waals surface area contributed by atoms with Crippen molar-refractivity contribution in [3.8, 4) is 0 Å². The molecule has 1 aliphatic heterocycles. The highest BCUT2D eigenvalue weighted by atomic mass is 16.6. The number of aliphatic hydroxyl groups excluding tert-OH is 1. The Hall–Kier alpha value is -1.96. The maximum Gasteiger partial charge on any atom is 0.303 e.